The molecule has 0 aliphatic carbocycles. The van der Waals surface area contributed by atoms with Gasteiger partial charge in [-0.05, 0) is 73.2 Å². The van der Waals surface area contributed by atoms with E-state index in [-0.39, 0.29) is 0 Å². The number of amides is 1. The SMILES string of the molecule is Cc1ccc(CCC(=O)N2CCC(N3CCc4sccc4C3)CC2)cc1C. The van der Waals surface area contributed by atoms with Crippen LogP contribution in [0.5, 0.6) is 0 Å². The second-order valence-electron chi connectivity index (χ2n) is 8.12. The molecule has 0 radical (unpaired) electrons. The van der Waals surface area contributed by atoms with Crippen molar-refractivity contribution in [2.75, 3.05) is 19.6 Å². The summed E-state index contributed by atoms with van der Waals surface area (Å²) in [4.78, 5) is 19.0. The zero-order valence-corrected chi connectivity index (χ0v) is 17.4. The molecule has 0 N–H and O–H groups in total. The highest BCUT2D eigenvalue weighted by Gasteiger charge is 2.29. The average molecular weight is 383 g/mol. The van der Waals surface area contributed by atoms with Crippen LogP contribution in [0.25, 0.3) is 0 Å². The highest BCUT2D eigenvalue weighted by Crippen LogP contribution is 2.28. The number of carbonyl (C=O) groups is 1. The van der Waals surface area contributed by atoms with Gasteiger partial charge in [-0.25, -0.2) is 0 Å². The van der Waals surface area contributed by atoms with Gasteiger partial charge in [0, 0.05) is 43.5 Å². The summed E-state index contributed by atoms with van der Waals surface area (Å²) in [7, 11) is 0. The number of nitrogens with zero attached hydrogens (tertiary/aromatic N) is 2. The molecule has 1 saturated heterocycles. The van der Waals surface area contributed by atoms with Gasteiger partial charge in [-0.1, -0.05) is 18.2 Å². The Morgan fingerprint density at radius 3 is 2.70 bits per heavy atom. The van der Waals surface area contributed by atoms with E-state index in [2.05, 4.69) is 53.3 Å². The molecule has 4 rings (SSSR count). The van der Waals surface area contributed by atoms with Crippen LogP contribution in [0.1, 0.15) is 46.4 Å². The third-order valence-electron chi connectivity index (χ3n) is 6.37. The molecule has 4 heteroatoms. The van der Waals surface area contributed by atoms with E-state index in [1.54, 1.807) is 4.88 Å². The maximum Gasteiger partial charge on any atom is 0.222 e. The van der Waals surface area contributed by atoms with Crippen molar-refractivity contribution in [2.24, 2.45) is 0 Å². The minimum atomic E-state index is 0.324. The van der Waals surface area contributed by atoms with Crippen LogP contribution in [-0.2, 0) is 24.2 Å². The van der Waals surface area contributed by atoms with E-state index >= 15 is 0 Å². The predicted octanol–water partition coefficient (Wildman–Crippen LogP) is 4.35. The van der Waals surface area contributed by atoms with Crippen molar-refractivity contribution in [1.29, 1.82) is 0 Å². The predicted molar refractivity (Wildman–Crippen MR) is 112 cm³/mol. The van der Waals surface area contributed by atoms with Gasteiger partial charge in [-0.15, -0.1) is 11.3 Å². The molecule has 0 atom stereocenters. The van der Waals surface area contributed by atoms with E-state index in [0.29, 0.717) is 18.4 Å². The molecule has 3 heterocycles. The monoisotopic (exact) mass is 382 g/mol. The van der Waals surface area contributed by atoms with Crippen LogP contribution in [0.15, 0.2) is 29.6 Å². The number of benzene rings is 1. The molecule has 1 aromatic carbocycles. The molecular formula is C23H30N2OS. The van der Waals surface area contributed by atoms with Crippen LogP contribution in [0, 0.1) is 13.8 Å². The number of likely N-dealkylation sites (tertiary alicyclic amines) is 1. The van der Waals surface area contributed by atoms with Crippen molar-refractivity contribution in [3.05, 3.63) is 56.8 Å². The fraction of sp³-hybridized carbons (Fsp3) is 0.522. The molecule has 1 fully saturated rings. The lowest BCUT2D eigenvalue weighted by atomic mass is 9.98. The molecule has 2 aliphatic rings. The fourth-order valence-electron chi connectivity index (χ4n) is 4.43. The number of thiophene rings is 1. The molecular weight excluding hydrogens is 352 g/mol. The van der Waals surface area contributed by atoms with Crippen molar-refractivity contribution in [1.82, 2.24) is 9.80 Å². The average Bonchev–Trinajstić information content (AvgIpc) is 3.16. The van der Waals surface area contributed by atoms with Crippen LogP contribution < -0.4 is 0 Å². The van der Waals surface area contributed by atoms with Crippen molar-refractivity contribution >= 4 is 17.2 Å². The van der Waals surface area contributed by atoms with Crippen LogP contribution in [0.3, 0.4) is 0 Å². The normalized spacial score (nSPS) is 18.5. The topological polar surface area (TPSA) is 23.6 Å². The van der Waals surface area contributed by atoms with Crippen LogP contribution in [-0.4, -0.2) is 41.4 Å². The van der Waals surface area contributed by atoms with Crippen LogP contribution in [0.2, 0.25) is 0 Å². The fourth-order valence-corrected chi connectivity index (χ4v) is 5.32. The van der Waals surface area contributed by atoms with Gasteiger partial charge < -0.3 is 4.90 Å². The first-order chi connectivity index (χ1) is 13.1. The smallest absolute Gasteiger partial charge is 0.222 e. The van der Waals surface area contributed by atoms with E-state index < -0.39 is 0 Å². The Labute approximate surface area is 167 Å². The first-order valence-corrected chi connectivity index (χ1v) is 11.1. The molecule has 27 heavy (non-hydrogen) atoms. The van der Waals surface area contributed by atoms with Gasteiger partial charge in [0.05, 0.1) is 0 Å². The Hall–Kier alpha value is -1.65. The molecule has 144 valence electrons. The van der Waals surface area contributed by atoms with E-state index in [1.165, 1.54) is 35.2 Å². The Balaban J connectivity index is 1.25. The molecule has 0 bridgehead atoms. The lowest BCUT2D eigenvalue weighted by Crippen LogP contribution is -2.47. The third-order valence-corrected chi connectivity index (χ3v) is 7.39. The molecule has 2 aromatic rings. The van der Waals surface area contributed by atoms with Gasteiger partial charge in [0.1, 0.15) is 0 Å². The van der Waals surface area contributed by atoms with Crippen molar-refractivity contribution in [3.63, 3.8) is 0 Å². The Bertz CT molecular complexity index is 804. The van der Waals surface area contributed by atoms with E-state index in [4.69, 9.17) is 0 Å². The van der Waals surface area contributed by atoms with Gasteiger partial charge in [-0.3, -0.25) is 9.69 Å². The minimum Gasteiger partial charge on any atom is -0.343 e. The molecule has 3 nitrogen and oxygen atoms in total. The number of aryl methyl sites for hydroxylation is 3. The summed E-state index contributed by atoms with van der Waals surface area (Å²) in [5.41, 5.74) is 5.44. The Morgan fingerprint density at radius 1 is 1.11 bits per heavy atom. The lowest BCUT2D eigenvalue weighted by molar-refractivity contribution is -0.132. The zero-order valence-electron chi connectivity index (χ0n) is 16.5. The third kappa shape index (κ3) is 4.27. The molecule has 0 unspecified atom stereocenters. The zero-order chi connectivity index (χ0) is 18.8. The molecule has 0 spiro atoms. The van der Waals surface area contributed by atoms with Crippen LogP contribution >= 0.6 is 11.3 Å². The van der Waals surface area contributed by atoms with Gasteiger partial charge in [0.2, 0.25) is 5.91 Å². The highest BCUT2D eigenvalue weighted by atomic mass is 32.1. The summed E-state index contributed by atoms with van der Waals surface area (Å²) < 4.78 is 0. The summed E-state index contributed by atoms with van der Waals surface area (Å²) in [5.74, 6) is 0.324. The second kappa shape index (κ2) is 8.15. The van der Waals surface area contributed by atoms with Crippen molar-refractivity contribution in [2.45, 2.75) is 58.5 Å². The summed E-state index contributed by atoms with van der Waals surface area (Å²) in [5, 5.41) is 2.23. The number of rotatable bonds is 4. The highest BCUT2D eigenvalue weighted by molar-refractivity contribution is 7.10. The Kier molecular flexibility index (Phi) is 5.65. The maximum absolute atomic E-state index is 12.6. The quantitative estimate of drug-likeness (QED) is 0.785. The number of hydrogen-bond acceptors (Lipinski definition) is 3. The Morgan fingerprint density at radius 2 is 1.93 bits per heavy atom. The second-order valence-corrected chi connectivity index (χ2v) is 9.12. The van der Waals surface area contributed by atoms with Gasteiger partial charge in [0.25, 0.3) is 0 Å². The van der Waals surface area contributed by atoms with Gasteiger partial charge >= 0.3 is 0 Å². The van der Waals surface area contributed by atoms with Gasteiger partial charge in [-0.2, -0.15) is 0 Å². The molecule has 2 aliphatic heterocycles. The van der Waals surface area contributed by atoms with Crippen molar-refractivity contribution in [3.8, 4) is 0 Å². The summed E-state index contributed by atoms with van der Waals surface area (Å²) in [6.07, 6.45) is 4.92. The van der Waals surface area contributed by atoms with E-state index in [0.717, 1.165) is 38.9 Å². The number of hydrogen-bond donors (Lipinski definition) is 0. The standard InChI is InChI=1S/C23H30N2OS/c1-17-3-4-19(15-18(17)2)5-6-23(26)24-11-7-21(8-12-24)25-13-9-22-20(16-25)10-14-27-22/h3-4,10,14-15,21H,5-9,11-13,16H2,1-2H3. The minimum absolute atomic E-state index is 0.324. The molecule has 0 saturated carbocycles. The van der Waals surface area contributed by atoms with E-state index in [9.17, 15) is 4.79 Å². The summed E-state index contributed by atoms with van der Waals surface area (Å²) in [6.45, 7) is 8.40. The molecule has 1 amide bonds. The first kappa shape index (κ1) is 18.7. The maximum atomic E-state index is 12.6. The van der Waals surface area contributed by atoms with Crippen LogP contribution in [0.4, 0.5) is 0 Å². The lowest BCUT2D eigenvalue weighted by Gasteiger charge is -2.40. The largest absolute Gasteiger partial charge is 0.343 e. The number of fused-ring (bicyclic) bond motifs is 1. The number of carbonyl (C=O) groups excluding carboxylic acids is 1. The molecule has 1 aromatic heterocycles. The first-order valence-electron chi connectivity index (χ1n) is 10.2. The van der Waals surface area contributed by atoms with E-state index in [1.807, 2.05) is 11.3 Å². The number of piperidine rings is 1. The summed E-state index contributed by atoms with van der Waals surface area (Å²) >= 11 is 1.90. The van der Waals surface area contributed by atoms with Crippen molar-refractivity contribution < 1.29 is 4.79 Å². The van der Waals surface area contributed by atoms with Gasteiger partial charge in [0.15, 0.2) is 0 Å². The summed E-state index contributed by atoms with van der Waals surface area (Å²) in [6, 6.07) is 9.48.